The second kappa shape index (κ2) is 6.13. The molecule has 3 aromatic rings. The number of fused-ring (bicyclic) bond motifs is 3. The van der Waals surface area contributed by atoms with Gasteiger partial charge in [-0.05, 0) is 24.1 Å². The van der Waals surface area contributed by atoms with E-state index in [1.807, 2.05) is 12.1 Å². The third-order valence-corrected chi connectivity index (χ3v) is 5.21. The topological polar surface area (TPSA) is 56.3 Å². The molecule has 2 atom stereocenters. The summed E-state index contributed by atoms with van der Waals surface area (Å²) in [6, 6.07) is 12.7. The molecule has 25 heavy (non-hydrogen) atoms. The fourth-order valence-corrected chi connectivity index (χ4v) is 3.96. The van der Waals surface area contributed by atoms with Crippen molar-refractivity contribution in [2.24, 2.45) is 0 Å². The Morgan fingerprint density at radius 1 is 1.16 bits per heavy atom. The van der Waals surface area contributed by atoms with Crippen LogP contribution in [0.2, 0.25) is 0 Å². The average molecular weight is 336 g/mol. The molecular weight excluding hydrogens is 316 g/mol. The second-order valence-corrected chi connectivity index (χ2v) is 6.74. The molecule has 2 aliphatic rings. The number of likely N-dealkylation sites (tertiary alicyclic amines) is 1. The Bertz CT molecular complexity index is 858. The number of furan rings is 1. The van der Waals surface area contributed by atoms with Gasteiger partial charge in [-0.2, -0.15) is 0 Å². The lowest BCUT2D eigenvalue weighted by atomic mass is 9.98. The summed E-state index contributed by atoms with van der Waals surface area (Å²) in [6.07, 6.45) is 4.79. The molecule has 0 unspecified atom stereocenters. The van der Waals surface area contributed by atoms with Gasteiger partial charge in [-0.25, -0.2) is 4.68 Å². The highest BCUT2D eigenvalue weighted by Gasteiger charge is 2.36. The smallest absolute Gasteiger partial charge is 0.134 e. The minimum atomic E-state index is 0.241. The van der Waals surface area contributed by atoms with Gasteiger partial charge in [0.25, 0.3) is 0 Å². The highest BCUT2D eigenvalue weighted by atomic mass is 16.5. The molecule has 2 aromatic heterocycles. The van der Waals surface area contributed by atoms with Gasteiger partial charge >= 0.3 is 0 Å². The maximum Gasteiger partial charge on any atom is 0.134 e. The Balaban J connectivity index is 1.38. The molecule has 4 heterocycles. The number of nitrogens with zero attached hydrogens (tertiary/aromatic N) is 4. The molecule has 6 nitrogen and oxygen atoms in total. The summed E-state index contributed by atoms with van der Waals surface area (Å²) in [5.74, 6) is 0.921. The van der Waals surface area contributed by atoms with Crippen molar-refractivity contribution in [1.82, 2.24) is 19.9 Å². The van der Waals surface area contributed by atoms with Crippen molar-refractivity contribution < 1.29 is 9.15 Å². The summed E-state index contributed by atoms with van der Waals surface area (Å²) >= 11 is 0. The Kier molecular flexibility index (Phi) is 3.64. The summed E-state index contributed by atoms with van der Waals surface area (Å²) in [7, 11) is 0. The largest absolute Gasteiger partial charge is 0.464 e. The number of benzene rings is 1. The second-order valence-electron chi connectivity index (χ2n) is 6.74. The molecule has 0 aliphatic carbocycles. The van der Waals surface area contributed by atoms with Crippen LogP contribution >= 0.6 is 0 Å². The zero-order valence-electron chi connectivity index (χ0n) is 13.9. The first-order valence-electron chi connectivity index (χ1n) is 8.73. The summed E-state index contributed by atoms with van der Waals surface area (Å²) < 4.78 is 13.7. The van der Waals surface area contributed by atoms with Crippen molar-refractivity contribution in [1.29, 1.82) is 0 Å². The van der Waals surface area contributed by atoms with Crippen LogP contribution in [0.25, 0.3) is 11.3 Å². The molecule has 0 amide bonds. The maximum atomic E-state index is 6.01. The Hall–Kier alpha value is -2.44. The van der Waals surface area contributed by atoms with Gasteiger partial charge in [-0.1, -0.05) is 29.5 Å². The standard InChI is InChI=1S/C19H20N4O2/c1-2-5-16(18-6-3-9-24-18)14(4-1)11-22-8-7-19-17(12-22)23-15(13-25-19)10-20-21-23/h1-6,9-10,17,19H,7-8,11-13H2/t17-,19-/m0/s1. The molecule has 1 saturated heterocycles. The van der Waals surface area contributed by atoms with E-state index < -0.39 is 0 Å². The van der Waals surface area contributed by atoms with Crippen LogP contribution in [0.4, 0.5) is 0 Å². The van der Waals surface area contributed by atoms with Crippen LogP contribution in [0.15, 0.2) is 53.3 Å². The van der Waals surface area contributed by atoms with E-state index in [2.05, 4.69) is 44.2 Å². The quantitative estimate of drug-likeness (QED) is 0.736. The van der Waals surface area contributed by atoms with Crippen LogP contribution < -0.4 is 0 Å². The molecule has 0 radical (unpaired) electrons. The van der Waals surface area contributed by atoms with Crippen LogP contribution in [0, 0.1) is 0 Å². The van der Waals surface area contributed by atoms with Crippen molar-refractivity contribution >= 4 is 0 Å². The molecule has 6 heteroatoms. The lowest BCUT2D eigenvalue weighted by Gasteiger charge is -2.41. The number of aromatic nitrogens is 3. The molecular formula is C19H20N4O2. The van der Waals surface area contributed by atoms with Crippen LogP contribution in [0.3, 0.4) is 0 Å². The summed E-state index contributed by atoms with van der Waals surface area (Å²) in [5.41, 5.74) is 3.52. The van der Waals surface area contributed by atoms with Crippen LogP contribution in [-0.4, -0.2) is 39.1 Å². The van der Waals surface area contributed by atoms with E-state index in [0.29, 0.717) is 6.61 Å². The fraction of sp³-hybridized carbons (Fsp3) is 0.368. The van der Waals surface area contributed by atoms with Gasteiger partial charge in [0, 0.05) is 25.2 Å². The molecule has 0 saturated carbocycles. The number of piperidine rings is 1. The van der Waals surface area contributed by atoms with Gasteiger partial charge < -0.3 is 9.15 Å². The summed E-state index contributed by atoms with van der Waals surface area (Å²) in [6.45, 7) is 3.46. The number of rotatable bonds is 3. The molecule has 0 spiro atoms. The minimum absolute atomic E-state index is 0.241. The van der Waals surface area contributed by atoms with Gasteiger partial charge in [0.05, 0.1) is 36.9 Å². The van der Waals surface area contributed by atoms with Crippen LogP contribution in [0.5, 0.6) is 0 Å². The van der Waals surface area contributed by atoms with Gasteiger partial charge in [0.2, 0.25) is 0 Å². The van der Waals surface area contributed by atoms with Crippen molar-refractivity contribution in [3.05, 3.63) is 60.1 Å². The van der Waals surface area contributed by atoms with Crippen molar-refractivity contribution in [3.63, 3.8) is 0 Å². The predicted molar refractivity (Wildman–Crippen MR) is 91.7 cm³/mol. The van der Waals surface area contributed by atoms with E-state index in [4.69, 9.17) is 9.15 Å². The van der Waals surface area contributed by atoms with Gasteiger partial charge in [-0.3, -0.25) is 4.90 Å². The molecule has 0 bridgehead atoms. The number of ether oxygens (including phenoxy) is 1. The van der Waals surface area contributed by atoms with E-state index in [0.717, 1.165) is 43.1 Å². The van der Waals surface area contributed by atoms with E-state index in [-0.39, 0.29) is 12.1 Å². The Morgan fingerprint density at radius 3 is 3.04 bits per heavy atom. The third-order valence-electron chi connectivity index (χ3n) is 5.21. The molecule has 5 rings (SSSR count). The molecule has 1 fully saturated rings. The minimum Gasteiger partial charge on any atom is -0.464 e. The van der Waals surface area contributed by atoms with Crippen LogP contribution in [0.1, 0.15) is 23.7 Å². The summed E-state index contributed by atoms with van der Waals surface area (Å²) in [5, 5.41) is 8.34. The molecule has 0 N–H and O–H groups in total. The Morgan fingerprint density at radius 2 is 2.12 bits per heavy atom. The zero-order chi connectivity index (χ0) is 16.6. The lowest BCUT2D eigenvalue weighted by molar-refractivity contribution is -0.0669. The highest BCUT2D eigenvalue weighted by Crippen LogP contribution is 2.32. The number of hydrogen-bond donors (Lipinski definition) is 0. The SMILES string of the molecule is c1coc(-c2ccccc2CN2CC[C@@H]3OCc4cnnn4[C@H]3C2)c1. The summed E-state index contributed by atoms with van der Waals surface area (Å²) in [4.78, 5) is 2.48. The first-order chi connectivity index (χ1) is 12.4. The van der Waals surface area contributed by atoms with E-state index in [1.165, 1.54) is 5.56 Å². The third kappa shape index (κ3) is 2.67. The normalized spacial score (nSPS) is 23.2. The maximum absolute atomic E-state index is 6.01. The van der Waals surface area contributed by atoms with E-state index in [9.17, 15) is 0 Å². The van der Waals surface area contributed by atoms with E-state index >= 15 is 0 Å². The molecule has 128 valence electrons. The average Bonchev–Trinajstić information content (AvgIpc) is 3.34. The van der Waals surface area contributed by atoms with Crippen molar-refractivity contribution in [2.45, 2.75) is 31.7 Å². The highest BCUT2D eigenvalue weighted by molar-refractivity contribution is 5.61. The molecule has 1 aromatic carbocycles. The van der Waals surface area contributed by atoms with Gasteiger partial charge in [-0.15, -0.1) is 5.10 Å². The number of hydrogen-bond acceptors (Lipinski definition) is 5. The van der Waals surface area contributed by atoms with Gasteiger partial charge in [0.15, 0.2) is 0 Å². The van der Waals surface area contributed by atoms with Crippen molar-refractivity contribution in [3.8, 4) is 11.3 Å². The zero-order valence-corrected chi connectivity index (χ0v) is 13.9. The predicted octanol–water partition coefficient (Wildman–Crippen LogP) is 2.88. The fourth-order valence-electron chi connectivity index (χ4n) is 3.96. The Labute approximate surface area is 146 Å². The monoisotopic (exact) mass is 336 g/mol. The first-order valence-corrected chi connectivity index (χ1v) is 8.73. The van der Waals surface area contributed by atoms with E-state index in [1.54, 1.807) is 12.5 Å². The van der Waals surface area contributed by atoms with Gasteiger partial charge in [0.1, 0.15) is 5.76 Å². The van der Waals surface area contributed by atoms with Crippen LogP contribution in [-0.2, 0) is 17.9 Å². The van der Waals surface area contributed by atoms with Crippen molar-refractivity contribution in [2.75, 3.05) is 13.1 Å². The lowest BCUT2D eigenvalue weighted by Crippen LogP contribution is -2.47. The first kappa shape index (κ1) is 14.9. The molecule has 2 aliphatic heterocycles.